The molecule has 2 aromatic heterocycles. The van der Waals surface area contributed by atoms with E-state index in [-0.39, 0.29) is 24.4 Å². The Morgan fingerprint density at radius 1 is 1.12 bits per heavy atom. The van der Waals surface area contributed by atoms with Crippen LogP contribution in [0.4, 0.5) is 4.39 Å². The molecule has 0 amide bonds. The number of halogens is 1. The first-order valence-corrected chi connectivity index (χ1v) is 9.42. The molecular weight excluding hydrogens is 361 g/mol. The zero-order chi connectivity index (χ0) is 18.6. The number of aromatic nitrogens is 2. The second-order valence-electron chi connectivity index (χ2n) is 5.54. The number of furan rings is 1. The summed E-state index contributed by atoms with van der Waals surface area (Å²) in [6, 6.07) is 11.5. The minimum absolute atomic E-state index is 0.00194. The molecule has 0 saturated heterocycles. The maximum Gasteiger partial charge on any atom is 0.266 e. The maximum atomic E-state index is 12.9. The minimum Gasteiger partial charge on any atom is -0.463 e. The monoisotopic (exact) mass is 377 g/mol. The van der Waals surface area contributed by atoms with Gasteiger partial charge < -0.3 is 4.42 Å². The Morgan fingerprint density at radius 2 is 1.88 bits per heavy atom. The van der Waals surface area contributed by atoms with Crippen LogP contribution in [0, 0.1) is 5.82 Å². The molecule has 0 aliphatic carbocycles. The molecule has 0 aliphatic rings. The summed E-state index contributed by atoms with van der Waals surface area (Å²) in [7, 11) is -3.62. The third kappa shape index (κ3) is 4.64. The quantitative estimate of drug-likeness (QED) is 0.677. The van der Waals surface area contributed by atoms with Gasteiger partial charge in [-0.1, -0.05) is 12.1 Å². The molecule has 0 saturated carbocycles. The molecule has 2 heterocycles. The summed E-state index contributed by atoms with van der Waals surface area (Å²) in [5.74, 6) is -0.196. The standard InChI is InChI=1S/C17H16FN3O4S/c18-14-5-3-13(4-6-14)12-26(23,24)19-9-10-21-17(22)8-7-15(20-21)16-2-1-11-25-16/h1-8,11,19H,9-10,12H2. The molecule has 0 bridgehead atoms. The van der Waals surface area contributed by atoms with Crippen LogP contribution in [-0.4, -0.2) is 24.7 Å². The van der Waals surface area contributed by atoms with E-state index in [4.69, 9.17) is 4.42 Å². The van der Waals surface area contributed by atoms with Gasteiger partial charge in [0, 0.05) is 12.6 Å². The summed E-state index contributed by atoms with van der Waals surface area (Å²) >= 11 is 0. The molecule has 136 valence electrons. The zero-order valence-electron chi connectivity index (χ0n) is 13.6. The number of rotatable bonds is 7. The van der Waals surface area contributed by atoms with Crippen molar-refractivity contribution in [3.05, 3.63) is 76.5 Å². The van der Waals surface area contributed by atoms with Crippen molar-refractivity contribution < 1.29 is 17.2 Å². The molecule has 0 fully saturated rings. The van der Waals surface area contributed by atoms with Crippen molar-refractivity contribution in [1.82, 2.24) is 14.5 Å². The van der Waals surface area contributed by atoms with Crippen LogP contribution in [0.3, 0.4) is 0 Å². The molecule has 26 heavy (non-hydrogen) atoms. The van der Waals surface area contributed by atoms with E-state index in [0.29, 0.717) is 17.0 Å². The SMILES string of the molecule is O=c1ccc(-c2ccco2)nn1CCNS(=O)(=O)Cc1ccc(F)cc1. The molecule has 0 aliphatic heterocycles. The largest absolute Gasteiger partial charge is 0.463 e. The van der Waals surface area contributed by atoms with E-state index in [0.717, 1.165) is 4.68 Å². The van der Waals surface area contributed by atoms with Crippen LogP contribution < -0.4 is 10.3 Å². The fraction of sp³-hybridized carbons (Fsp3) is 0.176. The van der Waals surface area contributed by atoms with E-state index >= 15 is 0 Å². The number of benzene rings is 1. The molecule has 1 N–H and O–H groups in total. The summed E-state index contributed by atoms with van der Waals surface area (Å²) in [5.41, 5.74) is 0.593. The van der Waals surface area contributed by atoms with Gasteiger partial charge in [0.05, 0.1) is 18.6 Å². The average Bonchev–Trinajstić information content (AvgIpc) is 3.13. The molecule has 1 aromatic carbocycles. The van der Waals surface area contributed by atoms with Crippen LogP contribution in [0.2, 0.25) is 0 Å². The van der Waals surface area contributed by atoms with E-state index in [1.165, 1.54) is 42.7 Å². The van der Waals surface area contributed by atoms with Gasteiger partial charge in [0.2, 0.25) is 10.0 Å². The fourth-order valence-corrected chi connectivity index (χ4v) is 3.46. The molecular formula is C17H16FN3O4S. The summed E-state index contributed by atoms with van der Waals surface area (Å²) in [6.45, 7) is 0.0636. The van der Waals surface area contributed by atoms with Crippen molar-refractivity contribution in [1.29, 1.82) is 0 Å². The second kappa shape index (κ2) is 7.63. The third-order valence-electron chi connectivity index (χ3n) is 3.56. The van der Waals surface area contributed by atoms with E-state index in [1.54, 1.807) is 12.1 Å². The Hall–Kier alpha value is -2.78. The van der Waals surface area contributed by atoms with Gasteiger partial charge in [-0.05, 0) is 35.9 Å². The van der Waals surface area contributed by atoms with Crippen LogP contribution >= 0.6 is 0 Å². The molecule has 0 atom stereocenters. The van der Waals surface area contributed by atoms with Crippen molar-refractivity contribution >= 4 is 10.0 Å². The van der Waals surface area contributed by atoms with Crippen molar-refractivity contribution in [3.8, 4) is 11.5 Å². The van der Waals surface area contributed by atoms with E-state index < -0.39 is 15.8 Å². The van der Waals surface area contributed by atoms with Gasteiger partial charge in [-0.2, -0.15) is 5.10 Å². The molecule has 0 spiro atoms. The fourth-order valence-electron chi connectivity index (χ4n) is 2.32. The molecule has 3 aromatic rings. The normalized spacial score (nSPS) is 11.6. The Morgan fingerprint density at radius 3 is 2.58 bits per heavy atom. The van der Waals surface area contributed by atoms with Gasteiger partial charge in [0.15, 0.2) is 5.76 Å². The number of nitrogens with zero attached hydrogens (tertiary/aromatic N) is 2. The lowest BCUT2D eigenvalue weighted by Crippen LogP contribution is -2.32. The first-order chi connectivity index (χ1) is 12.4. The number of hydrogen-bond donors (Lipinski definition) is 1. The lowest BCUT2D eigenvalue weighted by atomic mass is 10.2. The van der Waals surface area contributed by atoms with Gasteiger partial charge in [0.1, 0.15) is 11.5 Å². The maximum absolute atomic E-state index is 12.9. The lowest BCUT2D eigenvalue weighted by Gasteiger charge is -2.08. The molecule has 0 unspecified atom stereocenters. The highest BCUT2D eigenvalue weighted by Crippen LogP contribution is 2.15. The summed E-state index contributed by atoms with van der Waals surface area (Å²) in [6.07, 6.45) is 1.50. The lowest BCUT2D eigenvalue weighted by molar-refractivity contribution is 0.539. The van der Waals surface area contributed by atoms with E-state index in [9.17, 15) is 17.6 Å². The highest BCUT2D eigenvalue weighted by Gasteiger charge is 2.12. The van der Waals surface area contributed by atoms with Crippen LogP contribution in [0.25, 0.3) is 11.5 Å². The van der Waals surface area contributed by atoms with Crippen LogP contribution in [-0.2, 0) is 22.3 Å². The Kier molecular flexibility index (Phi) is 5.29. The van der Waals surface area contributed by atoms with E-state index in [1.807, 2.05) is 0 Å². The van der Waals surface area contributed by atoms with Crippen molar-refractivity contribution in [2.75, 3.05) is 6.54 Å². The van der Waals surface area contributed by atoms with E-state index in [2.05, 4.69) is 9.82 Å². The van der Waals surface area contributed by atoms with Gasteiger partial charge in [-0.3, -0.25) is 4.79 Å². The average molecular weight is 377 g/mol. The number of hydrogen-bond acceptors (Lipinski definition) is 5. The molecule has 9 heteroatoms. The summed E-state index contributed by atoms with van der Waals surface area (Å²) < 4.78 is 45.8. The minimum atomic E-state index is -3.62. The first kappa shape index (κ1) is 18.0. The third-order valence-corrected chi connectivity index (χ3v) is 4.91. The summed E-state index contributed by atoms with van der Waals surface area (Å²) in [5, 5.41) is 4.16. The van der Waals surface area contributed by atoms with Crippen molar-refractivity contribution in [2.45, 2.75) is 12.3 Å². The molecule has 7 nitrogen and oxygen atoms in total. The Labute approximate surface area is 149 Å². The van der Waals surface area contributed by atoms with Gasteiger partial charge >= 0.3 is 0 Å². The number of nitrogens with one attached hydrogen (secondary N) is 1. The van der Waals surface area contributed by atoms with Crippen LogP contribution in [0.1, 0.15) is 5.56 Å². The molecule has 3 rings (SSSR count). The van der Waals surface area contributed by atoms with Gasteiger partial charge in [-0.25, -0.2) is 22.2 Å². The second-order valence-corrected chi connectivity index (χ2v) is 7.34. The first-order valence-electron chi connectivity index (χ1n) is 7.77. The van der Waals surface area contributed by atoms with Crippen LogP contribution in [0.15, 0.2) is 64.0 Å². The highest BCUT2D eigenvalue weighted by molar-refractivity contribution is 7.88. The van der Waals surface area contributed by atoms with Crippen LogP contribution in [0.5, 0.6) is 0 Å². The summed E-state index contributed by atoms with van der Waals surface area (Å²) in [4.78, 5) is 11.9. The Bertz CT molecular complexity index is 1030. The topological polar surface area (TPSA) is 94.2 Å². The molecule has 0 radical (unpaired) electrons. The van der Waals surface area contributed by atoms with Crippen molar-refractivity contribution in [2.24, 2.45) is 0 Å². The number of sulfonamides is 1. The van der Waals surface area contributed by atoms with Gasteiger partial charge in [0.25, 0.3) is 5.56 Å². The predicted octanol–water partition coefficient (Wildman–Crippen LogP) is 1.76. The zero-order valence-corrected chi connectivity index (χ0v) is 14.4. The highest BCUT2D eigenvalue weighted by atomic mass is 32.2. The Balaban J connectivity index is 1.63. The van der Waals surface area contributed by atoms with Gasteiger partial charge in [-0.15, -0.1) is 0 Å². The smallest absolute Gasteiger partial charge is 0.266 e. The van der Waals surface area contributed by atoms with Crippen molar-refractivity contribution in [3.63, 3.8) is 0 Å². The predicted molar refractivity (Wildman–Crippen MR) is 93.2 cm³/mol.